The Morgan fingerprint density at radius 1 is 1.10 bits per heavy atom. The van der Waals surface area contributed by atoms with Crippen LogP contribution in [0.3, 0.4) is 0 Å². The number of hydrogen-bond donors (Lipinski definition) is 4. The summed E-state index contributed by atoms with van der Waals surface area (Å²) in [5.74, 6) is -2.33. The van der Waals surface area contributed by atoms with E-state index in [-0.39, 0.29) is 22.8 Å². The van der Waals surface area contributed by atoms with Gasteiger partial charge in [-0.1, -0.05) is 0 Å². The lowest BCUT2D eigenvalue weighted by Crippen LogP contribution is -2.39. The molecule has 0 aliphatic heterocycles. The van der Waals surface area contributed by atoms with E-state index in [0.29, 0.717) is 11.8 Å². The molecule has 0 bridgehead atoms. The quantitative estimate of drug-likeness (QED) is 0.250. The molecular weight excluding hydrogens is 513 g/mol. The maximum Gasteiger partial charge on any atom is 0.404 e. The fourth-order valence-electron chi connectivity index (χ4n) is 4.24. The second-order valence-electron chi connectivity index (χ2n) is 9.09. The van der Waals surface area contributed by atoms with E-state index in [9.17, 15) is 23.9 Å². The minimum Gasteiger partial charge on any atom is -0.465 e. The molecule has 0 aliphatic rings. The van der Waals surface area contributed by atoms with Gasteiger partial charge < -0.3 is 26.0 Å². The maximum absolute atomic E-state index is 15.1. The molecule has 13 heteroatoms. The highest BCUT2D eigenvalue weighted by molar-refractivity contribution is 5.93. The van der Waals surface area contributed by atoms with Crippen molar-refractivity contribution in [3.63, 3.8) is 0 Å². The Labute approximate surface area is 221 Å². The number of nitriles is 1. The molecule has 4 rings (SSSR count). The number of hydrogen-bond acceptors (Lipinski definition) is 7. The second kappa shape index (κ2) is 10.8. The van der Waals surface area contributed by atoms with Crippen molar-refractivity contribution in [2.24, 2.45) is 7.05 Å². The summed E-state index contributed by atoms with van der Waals surface area (Å²) in [6.45, 7) is 1.45. The number of carbonyl (C=O) groups is 1. The maximum atomic E-state index is 15.1. The highest BCUT2D eigenvalue weighted by atomic mass is 19.1. The van der Waals surface area contributed by atoms with E-state index in [0.717, 1.165) is 34.9 Å². The zero-order valence-corrected chi connectivity index (χ0v) is 21.4. The molecule has 0 aliphatic carbocycles. The van der Waals surface area contributed by atoms with Crippen LogP contribution in [0, 0.1) is 28.8 Å². The van der Waals surface area contributed by atoms with Crippen molar-refractivity contribution in [3.8, 4) is 6.07 Å². The van der Waals surface area contributed by atoms with E-state index in [4.69, 9.17) is 0 Å². The number of amides is 1. The van der Waals surface area contributed by atoms with Gasteiger partial charge in [0.2, 0.25) is 0 Å². The van der Waals surface area contributed by atoms with Crippen molar-refractivity contribution in [2.75, 3.05) is 29.6 Å². The van der Waals surface area contributed by atoms with Crippen molar-refractivity contribution in [2.45, 2.75) is 19.0 Å². The van der Waals surface area contributed by atoms with Crippen molar-refractivity contribution in [3.05, 3.63) is 71.0 Å². The van der Waals surface area contributed by atoms with E-state index in [2.05, 4.69) is 26.0 Å². The number of aryl methyl sites for hydroxylation is 1. The molecule has 2 atom stereocenters. The first kappa shape index (κ1) is 27.1. The molecule has 2 aromatic carbocycles. The third kappa shape index (κ3) is 5.80. The molecule has 2 aromatic heterocycles. The van der Waals surface area contributed by atoms with Gasteiger partial charge in [-0.05, 0) is 48.9 Å². The number of nitrogens with zero attached hydrogens (tertiary/aromatic N) is 5. The number of halogens is 3. The number of pyridine rings is 1. The van der Waals surface area contributed by atoms with Crippen LogP contribution in [0.25, 0.3) is 10.9 Å². The smallest absolute Gasteiger partial charge is 0.404 e. The summed E-state index contributed by atoms with van der Waals surface area (Å²) in [6.07, 6.45) is -1.38. The van der Waals surface area contributed by atoms with Crippen LogP contribution in [0.4, 0.5) is 41.1 Å². The molecule has 0 spiro atoms. The average molecular weight is 539 g/mol. The monoisotopic (exact) mass is 538 g/mol. The van der Waals surface area contributed by atoms with Crippen molar-refractivity contribution in [1.29, 1.82) is 5.26 Å². The summed E-state index contributed by atoms with van der Waals surface area (Å²) in [5, 5.41) is 32.1. The van der Waals surface area contributed by atoms with Gasteiger partial charge in [0, 0.05) is 38.3 Å². The fraction of sp³-hybridized carbons (Fsp3) is 0.231. The second-order valence-corrected chi connectivity index (χ2v) is 9.09. The lowest BCUT2D eigenvalue weighted by Gasteiger charge is -2.26. The topological polar surface area (TPSA) is 131 Å². The summed E-state index contributed by atoms with van der Waals surface area (Å²) in [5.41, 5.74) is 1.34. The molecule has 1 amide bonds. The summed E-state index contributed by atoms with van der Waals surface area (Å²) < 4.78 is 44.8. The van der Waals surface area contributed by atoms with E-state index in [1.54, 1.807) is 10.7 Å². The minimum atomic E-state index is -1.38. The Hall–Kier alpha value is -4.99. The standard InChI is InChI=1S/C26H25F3N8O2/c1-13(31-26(38)39)22(14-7-16(27)10-17(28)8-14)33-24-20(29)9-15(12-30)23(34-24)32-18-5-6-21-19(11-18)25(36(2)3)35-37(21)4/h5-11,13,22,31H,1-4H3,(H,38,39)(H2,32,33,34)/t13-,22+/m0/s1. The van der Waals surface area contributed by atoms with E-state index >= 15 is 4.39 Å². The van der Waals surface area contributed by atoms with Crippen LogP contribution in [0.2, 0.25) is 0 Å². The molecule has 0 fully saturated rings. The summed E-state index contributed by atoms with van der Waals surface area (Å²) in [4.78, 5) is 17.4. The molecule has 4 N–H and O–H groups in total. The van der Waals surface area contributed by atoms with Crippen molar-refractivity contribution in [1.82, 2.24) is 20.1 Å². The largest absolute Gasteiger partial charge is 0.465 e. The van der Waals surface area contributed by atoms with Crippen molar-refractivity contribution >= 4 is 40.1 Å². The first-order valence-electron chi connectivity index (χ1n) is 11.7. The number of aromatic nitrogens is 3. The van der Waals surface area contributed by atoms with Gasteiger partial charge >= 0.3 is 6.09 Å². The number of rotatable bonds is 8. The molecule has 0 unspecified atom stereocenters. The molecular formula is C26H25F3N8O2. The van der Waals surface area contributed by atoms with Gasteiger partial charge in [-0.3, -0.25) is 4.68 Å². The Morgan fingerprint density at radius 2 is 1.79 bits per heavy atom. The number of anilines is 4. The first-order chi connectivity index (χ1) is 18.5. The van der Waals surface area contributed by atoms with Gasteiger partial charge in [0.15, 0.2) is 23.3 Å². The number of fused-ring (bicyclic) bond motifs is 1. The SMILES string of the molecule is C[C@H](NC(=O)O)[C@@H](Nc1nc(Nc2ccc3c(c2)c(N(C)C)nn3C)c(C#N)cc1F)c1cc(F)cc(F)c1. The zero-order chi connectivity index (χ0) is 28.4. The normalized spacial score (nSPS) is 12.5. The average Bonchev–Trinajstić information content (AvgIpc) is 3.18. The van der Waals surface area contributed by atoms with Crippen LogP contribution >= 0.6 is 0 Å². The zero-order valence-electron chi connectivity index (χ0n) is 21.4. The van der Waals surface area contributed by atoms with Gasteiger partial charge in [0.05, 0.1) is 23.2 Å². The van der Waals surface area contributed by atoms with E-state index in [1.165, 1.54) is 6.92 Å². The van der Waals surface area contributed by atoms with E-state index in [1.807, 2.05) is 44.2 Å². The summed E-state index contributed by atoms with van der Waals surface area (Å²) in [6, 6.07) is 8.85. The lowest BCUT2D eigenvalue weighted by atomic mass is 10.00. The number of carboxylic acid groups (broad SMARTS) is 1. The van der Waals surface area contributed by atoms with Crippen LogP contribution in [0.5, 0.6) is 0 Å². The molecule has 2 heterocycles. The van der Waals surface area contributed by atoms with Gasteiger partial charge in [-0.15, -0.1) is 0 Å². The molecule has 10 nitrogen and oxygen atoms in total. The van der Waals surface area contributed by atoms with Crippen LogP contribution < -0.4 is 20.9 Å². The summed E-state index contributed by atoms with van der Waals surface area (Å²) in [7, 11) is 5.53. The number of nitrogens with one attached hydrogen (secondary N) is 3. The predicted octanol–water partition coefficient (Wildman–Crippen LogP) is 4.88. The van der Waals surface area contributed by atoms with Crippen LogP contribution in [-0.2, 0) is 7.05 Å². The highest BCUT2D eigenvalue weighted by Gasteiger charge is 2.25. The van der Waals surface area contributed by atoms with Crippen molar-refractivity contribution < 1.29 is 23.1 Å². The predicted molar refractivity (Wildman–Crippen MR) is 141 cm³/mol. The summed E-state index contributed by atoms with van der Waals surface area (Å²) >= 11 is 0. The third-order valence-corrected chi connectivity index (χ3v) is 6.00. The van der Waals surface area contributed by atoms with E-state index < -0.39 is 35.6 Å². The molecule has 202 valence electrons. The highest BCUT2D eigenvalue weighted by Crippen LogP contribution is 2.31. The Balaban J connectivity index is 1.74. The van der Waals surface area contributed by atoms with Gasteiger partial charge in [0.1, 0.15) is 17.7 Å². The third-order valence-electron chi connectivity index (χ3n) is 6.00. The van der Waals surface area contributed by atoms with Crippen LogP contribution in [-0.4, -0.2) is 46.1 Å². The molecule has 39 heavy (non-hydrogen) atoms. The van der Waals surface area contributed by atoms with Gasteiger partial charge in [-0.25, -0.2) is 22.9 Å². The fourth-order valence-corrected chi connectivity index (χ4v) is 4.24. The van der Waals surface area contributed by atoms with Crippen LogP contribution in [0.1, 0.15) is 24.1 Å². The first-order valence-corrected chi connectivity index (χ1v) is 11.7. The Morgan fingerprint density at radius 3 is 2.41 bits per heavy atom. The molecule has 4 aromatic rings. The Kier molecular flexibility index (Phi) is 7.48. The van der Waals surface area contributed by atoms with Gasteiger partial charge in [0.25, 0.3) is 0 Å². The van der Waals surface area contributed by atoms with Crippen LogP contribution in [0.15, 0.2) is 42.5 Å². The molecule has 0 saturated heterocycles. The number of benzene rings is 2. The Bertz CT molecular complexity index is 1580. The van der Waals surface area contributed by atoms with Gasteiger partial charge in [-0.2, -0.15) is 10.4 Å². The lowest BCUT2D eigenvalue weighted by molar-refractivity contribution is 0.189. The molecule has 0 radical (unpaired) electrons. The minimum absolute atomic E-state index is 0.0130. The molecule has 0 saturated carbocycles.